The summed E-state index contributed by atoms with van der Waals surface area (Å²) in [5.41, 5.74) is 8.07. The van der Waals surface area contributed by atoms with Crippen molar-refractivity contribution in [3.05, 3.63) is 51.7 Å². The van der Waals surface area contributed by atoms with Crippen LogP contribution in [0.1, 0.15) is 16.0 Å². The van der Waals surface area contributed by atoms with E-state index in [0.717, 1.165) is 21.7 Å². The first-order valence-electron chi connectivity index (χ1n) is 6.31. The Hall–Kier alpha value is -2.09. The number of hydrogen-bond donors (Lipinski definition) is 2. The molecule has 3 nitrogen and oxygen atoms in total. The van der Waals surface area contributed by atoms with Crippen LogP contribution in [0.4, 0.5) is 5.69 Å². The van der Waals surface area contributed by atoms with E-state index in [2.05, 4.69) is 17.2 Å². The highest BCUT2D eigenvalue weighted by Gasteiger charge is 2.06. The minimum absolute atomic E-state index is 0.00339. The Labute approximate surface area is 122 Å². The molecule has 0 atom stereocenters. The fraction of sp³-hybridized carbons (Fsp3) is 0.188. The van der Waals surface area contributed by atoms with Crippen LogP contribution in [0.15, 0.2) is 35.7 Å². The van der Waals surface area contributed by atoms with E-state index in [1.165, 1.54) is 0 Å². The van der Waals surface area contributed by atoms with Gasteiger partial charge < -0.3 is 11.1 Å². The van der Waals surface area contributed by atoms with Crippen molar-refractivity contribution < 1.29 is 4.79 Å². The molecule has 2 rings (SSSR count). The van der Waals surface area contributed by atoms with Crippen LogP contribution < -0.4 is 11.1 Å². The zero-order chi connectivity index (χ0) is 14.4. The molecule has 0 bridgehead atoms. The zero-order valence-electron chi connectivity index (χ0n) is 11.3. The highest BCUT2D eigenvalue weighted by molar-refractivity contribution is 7.10. The molecule has 0 aliphatic carbocycles. The molecular formula is C16H16N2OS. The summed E-state index contributed by atoms with van der Waals surface area (Å²) in [6.07, 6.45) is 0.409. The monoisotopic (exact) mass is 284 g/mol. The third-order valence-corrected chi connectivity index (χ3v) is 3.63. The van der Waals surface area contributed by atoms with Gasteiger partial charge in [-0.25, -0.2) is 0 Å². The predicted octanol–water partition coefficient (Wildman–Crippen LogP) is 2.55. The molecule has 20 heavy (non-hydrogen) atoms. The standard InChI is InChI=1S/C16H16N2OS/c1-12-10-13(4-2-8-17)6-7-15(12)18-16(19)11-14-5-3-9-20-14/h3,5-7,9-10H,8,11,17H2,1H3,(H,18,19). The molecule has 0 fully saturated rings. The molecule has 1 amide bonds. The minimum atomic E-state index is -0.00339. The van der Waals surface area contributed by atoms with Crippen molar-refractivity contribution in [2.75, 3.05) is 11.9 Å². The summed E-state index contributed by atoms with van der Waals surface area (Å²) in [5, 5.41) is 4.90. The fourth-order valence-corrected chi connectivity index (χ4v) is 2.50. The molecule has 0 aliphatic heterocycles. The molecule has 0 radical (unpaired) electrons. The highest BCUT2D eigenvalue weighted by Crippen LogP contribution is 2.17. The second kappa shape index (κ2) is 6.90. The first-order valence-corrected chi connectivity index (χ1v) is 7.19. The number of benzene rings is 1. The Balaban J connectivity index is 2.04. The smallest absolute Gasteiger partial charge is 0.229 e. The van der Waals surface area contributed by atoms with Crippen molar-refractivity contribution in [3.8, 4) is 11.8 Å². The van der Waals surface area contributed by atoms with Gasteiger partial charge in [0.15, 0.2) is 0 Å². The molecule has 0 saturated heterocycles. The molecule has 3 N–H and O–H groups in total. The lowest BCUT2D eigenvalue weighted by atomic mass is 10.1. The van der Waals surface area contributed by atoms with Gasteiger partial charge in [0, 0.05) is 16.1 Å². The molecule has 1 aromatic carbocycles. The molecule has 4 heteroatoms. The Bertz CT molecular complexity index is 651. The van der Waals surface area contributed by atoms with Crippen LogP contribution in [0.3, 0.4) is 0 Å². The van der Waals surface area contributed by atoms with Crippen LogP contribution in [0.5, 0.6) is 0 Å². The second-order valence-corrected chi connectivity index (χ2v) is 5.37. The van der Waals surface area contributed by atoms with Gasteiger partial charge in [-0.2, -0.15) is 0 Å². The number of nitrogens with one attached hydrogen (secondary N) is 1. The lowest BCUT2D eigenvalue weighted by Crippen LogP contribution is -2.14. The van der Waals surface area contributed by atoms with E-state index in [1.54, 1.807) is 11.3 Å². The molecular weight excluding hydrogens is 268 g/mol. The van der Waals surface area contributed by atoms with Gasteiger partial charge in [-0.3, -0.25) is 4.79 Å². The van der Waals surface area contributed by atoms with Gasteiger partial charge >= 0.3 is 0 Å². The molecule has 1 aromatic heterocycles. The second-order valence-electron chi connectivity index (χ2n) is 4.34. The Morgan fingerprint density at radius 2 is 2.25 bits per heavy atom. The van der Waals surface area contributed by atoms with E-state index < -0.39 is 0 Å². The van der Waals surface area contributed by atoms with Crippen molar-refractivity contribution >= 4 is 22.9 Å². The minimum Gasteiger partial charge on any atom is -0.326 e. The van der Waals surface area contributed by atoms with Gasteiger partial charge in [-0.05, 0) is 42.1 Å². The maximum atomic E-state index is 11.9. The summed E-state index contributed by atoms with van der Waals surface area (Å²) >= 11 is 1.59. The van der Waals surface area contributed by atoms with E-state index in [-0.39, 0.29) is 5.91 Å². The van der Waals surface area contributed by atoms with Gasteiger partial charge in [-0.15, -0.1) is 11.3 Å². The number of rotatable bonds is 3. The number of hydrogen-bond acceptors (Lipinski definition) is 3. The summed E-state index contributed by atoms with van der Waals surface area (Å²) in [6, 6.07) is 9.62. The van der Waals surface area contributed by atoms with E-state index >= 15 is 0 Å². The van der Waals surface area contributed by atoms with E-state index in [9.17, 15) is 4.79 Å². The van der Waals surface area contributed by atoms with Gasteiger partial charge in [-0.1, -0.05) is 17.9 Å². The Morgan fingerprint density at radius 3 is 2.90 bits per heavy atom. The van der Waals surface area contributed by atoms with Crippen LogP contribution in [-0.4, -0.2) is 12.5 Å². The molecule has 1 heterocycles. The normalized spacial score (nSPS) is 9.70. The molecule has 0 spiro atoms. The largest absolute Gasteiger partial charge is 0.326 e. The van der Waals surface area contributed by atoms with Gasteiger partial charge in [0.2, 0.25) is 5.91 Å². The first-order chi connectivity index (χ1) is 9.69. The van der Waals surface area contributed by atoms with E-state index in [0.29, 0.717) is 13.0 Å². The topological polar surface area (TPSA) is 55.1 Å². The van der Waals surface area contributed by atoms with Gasteiger partial charge in [0.1, 0.15) is 0 Å². The van der Waals surface area contributed by atoms with E-state index in [4.69, 9.17) is 5.73 Å². The quantitative estimate of drug-likeness (QED) is 0.851. The van der Waals surface area contributed by atoms with Crippen LogP contribution in [-0.2, 0) is 11.2 Å². The van der Waals surface area contributed by atoms with Crippen molar-refractivity contribution in [2.24, 2.45) is 5.73 Å². The number of nitrogens with two attached hydrogens (primary N) is 1. The number of carbonyl (C=O) groups is 1. The van der Waals surface area contributed by atoms with Crippen LogP contribution in [0.2, 0.25) is 0 Å². The molecule has 0 unspecified atom stereocenters. The highest BCUT2D eigenvalue weighted by atomic mass is 32.1. The molecule has 0 saturated carbocycles. The maximum absolute atomic E-state index is 11.9. The maximum Gasteiger partial charge on any atom is 0.229 e. The SMILES string of the molecule is Cc1cc(C#CCN)ccc1NC(=O)Cc1cccs1. The number of anilines is 1. The number of aryl methyl sites for hydroxylation is 1. The van der Waals surface area contributed by atoms with Crippen molar-refractivity contribution in [1.82, 2.24) is 0 Å². The summed E-state index contributed by atoms with van der Waals surface area (Å²) in [4.78, 5) is 13.0. The third kappa shape index (κ3) is 3.95. The average molecular weight is 284 g/mol. The first kappa shape index (κ1) is 14.3. The van der Waals surface area contributed by atoms with Crippen molar-refractivity contribution in [1.29, 1.82) is 0 Å². The average Bonchev–Trinajstić information content (AvgIpc) is 2.92. The number of carbonyl (C=O) groups excluding carboxylic acids is 1. The number of amides is 1. The summed E-state index contributed by atoms with van der Waals surface area (Å²) in [5.74, 6) is 5.79. The van der Waals surface area contributed by atoms with Crippen LogP contribution in [0, 0.1) is 18.8 Å². The molecule has 102 valence electrons. The third-order valence-electron chi connectivity index (χ3n) is 2.75. The lowest BCUT2D eigenvalue weighted by molar-refractivity contribution is -0.115. The summed E-state index contributed by atoms with van der Waals surface area (Å²) in [6.45, 7) is 2.30. The summed E-state index contributed by atoms with van der Waals surface area (Å²) < 4.78 is 0. The Kier molecular flexibility index (Phi) is 4.94. The van der Waals surface area contributed by atoms with Crippen molar-refractivity contribution in [2.45, 2.75) is 13.3 Å². The van der Waals surface area contributed by atoms with Crippen LogP contribution >= 0.6 is 11.3 Å². The van der Waals surface area contributed by atoms with Crippen LogP contribution in [0.25, 0.3) is 0 Å². The van der Waals surface area contributed by atoms with Gasteiger partial charge in [0.25, 0.3) is 0 Å². The van der Waals surface area contributed by atoms with Crippen molar-refractivity contribution in [3.63, 3.8) is 0 Å². The fourth-order valence-electron chi connectivity index (χ4n) is 1.80. The summed E-state index contributed by atoms with van der Waals surface area (Å²) in [7, 11) is 0. The Morgan fingerprint density at radius 1 is 1.40 bits per heavy atom. The molecule has 0 aliphatic rings. The lowest BCUT2D eigenvalue weighted by Gasteiger charge is -2.08. The molecule has 2 aromatic rings. The van der Waals surface area contributed by atoms with Gasteiger partial charge in [0.05, 0.1) is 13.0 Å². The predicted molar refractivity (Wildman–Crippen MR) is 83.8 cm³/mol. The van der Waals surface area contributed by atoms with E-state index in [1.807, 2.05) is 42.6 Å². The number of thiophene rings is 1. The zero-order valence-corrected chi connectivity index (χ0v) is 12.1.